The Hall–Kier alpha value is -4.20. The number of carbonyl (C=O) groups is 1. The highest BCUT2D eigenvalue weighted by Crippen LogP contribution is 2.66. The summed E-state index contributed by atoms with van der Waals surface area (Å²) in [7, 11) is 2.81. The number of esters is 1. The number of fused-ring (bicyclic) bond motifs is 1. The number of halogens is 2. The van der Waals surface area contributed by atoms with Crippen molar-refractivity contribution in [1.29, 1.82) is 0 Å². The molecule has 0 saturated heterocycles. The molecule has 1 aromatic heterocycles. The predicted octanol–water partition coefficient (Wildman–Crippen LogP) is 4.96. The Balaban J connectivity index is 1.76. The molecule has 1 fully saturated rings. The van der Waals surface area contributed by atoms with E-state index in [9.17, 15) is 14.0 Å². The first-order valence-corrected chi connectivity index (χ1v) is 11.2. The van der Waals surface area contributed by atoms with E-state index in [-0.39, 0.29) is 22.8 Å². The van der Waals surface area contributed by atoms with Gasteiger partial charge < -0.3 is 18.6 Å². The third-order valence-electron chi connectivity index (χ3n) is 6.77. The van der Waals surface area contributed by atoms with Crippen LogP contribution in [0.2, 0.25) is 0 Å². The summed E-state index contributed by atoms with van der Waals surface area (Å²) in [5.41, 5.74) is -1.56. The van der Waals surface area contributed by atoms with E-state index in [0.29, 0.717) is 5.56 Å². The van der Waals surface area contributed by atoms with Crippen molar-refractivity contribution in [2.75, 3.05) is 14.2 Å². The van der Waals surface area contributed by atoms with Gasteiger partial charge in [0.1, 0.15) is 28.9 Å². The monoisotopic (exact) mass is 492 g/mol. The van der Waals surface area contributed by atoms with E-state index < -0.39 is 46.6 Å². The molecule has 2 aliphatic rings. The van der Waals surface area contributed by atoms with Gasteiger partial charge in [0.15, 0.2) is 5.60 Å². The topological polar surface area (TPSA) is 75.0 Å². The summed E-state index contributed by atoms with van der Waals surface area (Å²) < 4.78 is 51.8. The zero-order valence-corrected chi connectivity index (χ0v) is 19.4. The van der Waals surface area contributed by atoms with Gasteiger partial charge in [0.05, 0.1) is 38.2 Å². The molecular formula is C28H22F2O6. The molecule has 2 heterocycles. The van der Waals surface area contributed by atoms with Crippen LogP contribution < -0.4 is 10.4 Å². The van der Waals surface area contributed by atoms with Crippen LogP contribution in [0.3, 0.4) is 0 Å². The minimum Gasteiger partial charge on any atom is -0.500 e. The predicted molar refractivity (Wildman–Crippen MR) is 126 cm³/mol. The Morgan fingerprint density at radius 1 is 0.917 bits per heavy atom. The van der Waals surface area contributed by atoms with Gasteiger partial charge >= 0.3 is 11.6 Å². The number of carbonyl (C=O) groups excluding carboxylic acids is 1. The molecule has 6 nitrogen and oxygen atoms in total. The minimum atomic E-state index is -1.46. The lowest BCUT2D eigenvalue weighted by molar-refractivity contribution is -0.182. The van der Waals surface area contributed by atoms with E-state index in [4.69, 9.17) is 18.6 Å². The highest BCUT2D eigenvalue weighted by atomic mass is 19.1. The van der Waals surface area contributed by atoms with Gasteiger partial charge in [0.2, 0.25) is 0 Å². The fourth-order valence-corrected chi connectivity index (χ4v) is 5.27. The molecule has 5 rings (SSSR count). The number of hydrogen-bond acceptors (Lipinski definition) is 6. The molecule has 3 aromatic rings. The smallest absolute Gasteiger partial charge is 0.339 e. The van der Waals surface area contributed by atoms with Gasteiger partial charge in [-0.1, -0.05) is 42.5 Å². The molecule has 4 unspecified atom stereocenters. The second-order valence-corrected chi connectivity index (χ2v) is 8.60. The summed E-state index contributed by atoms with van der Waals surface area (Å²) in [4.78, 5) is 25.1. The van der Waals surface area contributed by atoms with Gasteiger partial charge in [0, 0.05) is 17.5 Å². The summed E-state index contributed by atoms with van der Waals surface area (Å²) in [6.07, 6.45) is 4.27. The maximum atomic E-state index is 15.1. The molecule has 0 bridgehead atoms. The Bertz CT molecular complexity index is 1440. The van der Waals surface area contributed by atoms with Crippen molar-refractivity contribution < 1.29 is 32.2 Å². The quantitative estimate of drug-likeness (QED) is 0.453. The highest BCUT2D eigenvalue weighted by Gasteiger charge is 2.69. The molecule has 1 saturated carbocycles. The van der Waals surface area contributed by atoms with E-state index in [2.05, 4.69) is 0 Å². The number of rotatable bonds is 6. The Morgan fingerprint density at radius 2 is 1.64 bits per heavy atom. The minimum absolute atomic E-state index is 0.132. The normalized spacial score (nSPS) is 24.9. The van der Waals surface area contributed by atoms with Crippen LogP contribution in [0.1, 0.15) is 28.7 Å². The Labute approximate surface area is 205 Å². The van der Waals surface area contributed by atoms with E-state index in [1.807, 2.05) is 0 Å². The molecule has 0 spiro atoms. The van der Waals surface area contributed by atoms with Crippen LogP contribution in [0, 0.1) is 17.6 Å². The molecule has 184 valence electrons. The average Bonchev–Trinajstić information content (AvgIpc) is 2.85. The van der Waals surface area contributed by atoms with Gasteiger partial charge in [-0.25, -0.2) is 18.4 Å². The Kier molecular flexibility index (Phi) is 5.96. The SMILES string of the molecule is COC1=CC(=O)OC2(/C=C/c3ccccc3F)C1C(c1ccccc1F)C2c1cc(OC)cc(=O)o1. The van der Waals surface area contributed by atoms with Crippen LogP contribution in [0.25, 0.3) is 6.08 Å². The molecule has 4 atom stereocenters. The second-order valence-electron chi connectivity index (χ2n) is 8.60. The van der Waals surface area contributed by atoms with Crippen molar-refractivity contribution in [3.63, 3.8) is 0 Å². The largest absolute Gasteiger partial charge is 0.500 e. The molecule has 1 aliphatic carbocycles. The molecule has 8 heteroatoms. The van der Waals surface area contributed by atoms with Gasteiger partial charge in [-0.3, -0.25) is 0 Å². The van der Waals surface area contributed by atoms with Gasteiger partial charge in [-0.05, 0) is 23.8 Å². The second kappa shape index (κ2) is 9.11. The zero-order valence-electron chi connectivity index (χ0n) is 19.4. The van der Waals surface area contributed by atoms with Crippen LogP contribution in [-0.4, -0.2) is 25.8 Å². The van der Waals surface area contributed by atoms with Crippen LogP contribution in [0.5, 0.6) is 5.75 Å². The molecule has 0 N–H and O–H groups in total. The molecule has 36 heavy (non-hydrogen) atoms. The lowest BCUT2D eigenvalue weighted by Crippen LogP contribution is -2.63. The van der Waals surface area contributed by atoms with Gasteiger partial charge in [0.25, 0.3) is 0 Å². The summed E-state index contributed by atoms with van der Waals surface area (Å²) in [6, 6.07) is 15.0. The van der Waals surface area contributed by atoms with Crippen molar-refractivity contribution in [2.45, 2.75) is 17.4 Å². The maximum absolute atomic E-state index is 15.1. The summed E-state index contributed by atoms with van der Waals surface area (Å²) >= 11 is 0. The number of ether oxygens (including phenoxy) is 3. The fourth-order valence-electron chi connectivity index (χ4n) is 5.27. The third-order valence-corrected chi connectivity index (χ3v) is 6.77. The van der Waals surface area contributed by atoms with E-state index in [0.717, 1.165) is 0 Å². The van der Waals surface area contributed by atoms with Crippen molar-refractivity contribution in [1.82, 2.24) is 0 Å². The molecule has 0 amide bonds. The third kappa shape index (κ3) is 3.79. The Morgan fingerprint density at radius 3 is 2.33 bits per heavy atom. The highest BCUT2D eigenvalue weighted by molar-refractivity contribution is 5.85. The average molecular weight is 492 g/mol. The summed E-state index contributed by atoms with van der Waals surface area (Å²) in [5.74, 6) is -3.18. The van der Waals surface area contributed by atoms with Crippen LogP contribution >= 0.6 is 0 Å². The van der Waals surface area contributed by atoms with E-state index in [1.165, 1.54) is 50.6 Å². The first kappa shape index (κ1) is 23.5. The van der Waals surface area contributed by atoms with Crippen molar-refractivity contribution in [3.05, 3.63) is 118 Å². The van der Waals surface area contributed by atoms with Crippen LogP contribution in [-0.2, 0) is 14.3 Å². The molecule has 2 aromatic carbocycles. The lowest BCUT2D eigenvalue weighted by atomic mass is 9.49. The zero-order chi connectivity index (χ0) is 25.4. The van der Waals surface area contributed by atoms with E-state index in [1.54, 1.807) is 42.5 Å². The number of benzene rings is 2. The first-order chi connectivity index (χ1) is 17.4. The van der Waals surface area contributed by atoms with Crippen LogP contribution in [0.4, 0.5) is 8.78 Å². The summed E-state index contributed by atoms with van der Waals surface area (Å²) in [6.45, 7) is 0. The van der Waals surface area contributed by atoms with E-state index >= 15 is 4.39 Å². The molecular weight excluding hydrogens is 470 g/mol. The van der Waals surface area contributed by atoms with Gasteiger partial charge in [-0.15, -0.1) is 0 Å². The standard InChI is InChI=1S/C28H22F2O6/c1-33-17-13-22(35-23(31)14-17)27-25(18-8-4-6-10-20(18)30)26-21(34-2)15-24(32)36-28(26,27)12-11-16-7-3-5-9-19(16)29/h3-15,25-27H,1-2H3/b12-11+. The maximum Gasteiger partial charge on any atom is 0.339 e. The van der Waals surface area contributed by atoms with Gasteiger partial charge in [-0.2, -0.15) is 0 Å². The first-order valence-electron chi connectivity index (χ1n) is 11.2. The molecule has 0 radical (unpaired) electrons. The van der Waals surface area contributed by atoms with Crippen molar-refractivity contribution in [3.8, 4) is 5.75 Å². The fraction of sp³-hybridized carbons (Fsp3) is 0.214. The lowest BCUT2D eigenvalue weighted by Gasteiger charge is -2.59. The summed E-state index contributed by atoms with van der Waals surface area (Å²) in [5, 5.41) is 0. The number of methoxy groups -OCH3 is 2. The van der Waals surface area contributed by atoms with Crippen LogP contribution in [0.15, 0.2) is 87.8 Å². The van der Waals surface area contributed by atoms with Crippen molar-refractivity contribution >= 4 is 12.0 Å². The number of hydrogen-bond donors (Lipinski definition) is 0. The molecule has 1 aliphatic heterocycles. The van der Waals surface area contributed by atoms with Crippen molar-refractivity contribution in [2.24, 2.45) is 5.92 Å².